The van der Waals surface area contributed by atoms with Gasteiger partial charge in [0, 0.05) is 74.5 Å². The third-order valence-electron chi connectivity index (χ3n) is 19.0. The molecule has 2 nitrogen and oxygen atoms in total. The summed E-state index contributed by atoms with van der Waals surface area (Å²) in [5, 5.41) is 7.66. The molecule has 2 aliphatic rings. The van der Waals surface area contributed by atoms with Crippen LogP contribution in [0.2, 0.25) is 0 Å². The fraction of sp³-hybridized carbons (Fsp3) is 0.0238. The van der Waals surface area contributed by atoms with Crippen molar-refractivity contribution in [2.45, 2.75) is 10.8 Å². The highest BCUT2D eigenvalue weighted by Crippen LogP contribution is 2.58. The molecule has 16 aromatic rings. The Hall–Kier alpha value is -10.6. The van der Waals surface area contributed by atoms with Gasteiger partial charge in [-0.3, -0.25) is 0 Å². The zero-order valence-corrected chi connectivity index (χ0v) is 49.5. The number of hydrogen-bond donors (Lipinski definition) is 0. The van der Waals surface area contributed by atoms with Crippen LogP contribution in [0, 0.1) is 0 Å². The van der Waals surface area contributed by atoms with E-state index in [0.29, 0.717) is 0 Å². The molecule has 0 fully saturated rings. The van der Waals surface area contributed by atoms with Crippen LogP contribution in [0.5, 0.6) is 0 Å². The average molecular weight is 1160 g/mol. The quantitative estimate of drug-likeness (QED) is 0.135. The van der Waals surface area contributed by atoms with Crippen molar-refractivity contribution in [1.82, 2.24) is 0 Å². The average Bonchev–Trinajstić information content (AvgIpc) is 1.82. The van der Waals surface area contributed by atoms with Crippen molar-refractivity contribution in [3.05, 3.63) is 372 Å². The number of anilines is 6. The van der Waals surface area contributed by atoms with E-state index < -0.39 is 10.8 Å². The monoisotopic (exact) mass is 1150 g/mol. The smallest absolute Gasteiger partial charge is 0.0713 e. The molecule has 0 amide bonds. The van der Waals surface area contributed by atoms with Gasteiger partial charge < -0.3 is 9.80 Å². The Morgan fingerprint density at radius 1 is 0.205 bits per heavy atom. The molecule has 0 unspecified atom stereocenters. The summed E-state index contributed by atoms with van der Waals surface area (Å²) < 4.78 is 5.12. The summed E-state index contributed by atoms with van der Waals surface area (Å²) in [5.41, 5.74) is 21.3. The van der Waals surface area contributed by atoms with Gasteiger partial charge in [0.2, 0.25) is 0 Å². The molecule has 0 saturated carbocycles. The summed E-state index contributed by atoms with van der Waals surface area (Å²) in [4.78, 5) is 4.82. The summed E-state index contributed by atoms with van der Waals surface area (Å²) >= 11 is 3.77. The van der Waals surface area contributed by atoms with E-state index >= 15 is 0 Å². The molecular weight excluding hydrogens is 1100 g/mol. The van der Waals surface area contributed by atoms with Gasteiger partial charge in [0.25, 0.3) is 0 Å². The maximum absolute atomic E-state index is 2.43. The minimum Gasteiger partial charge on any atom is -0.310 e. The maximum Gasteiger partial charge on any atom is 0.0713 e. The molecular formula is C84H54N2S2. The Balaban J connectivity index is 0.699. The van der Waals surface area contributed by atoms with Gasteiger partial charge in [0.05, 0.1) is 10.8 Å². The summed E-state index contributed by atoms with van der Waals surface area (Å²) in [5.74, 6) is 0. The van der Waals surface area contributed by atoms with Gasteiger partial charge >= 0.3 is 0 Å². The fourth-order valence-electron chi connectivity index (χ4n) is 15.2. The molecule has 0 radical (unpaired) electrons. The van der Waals surface area contributed by atoms with E-state index in [1.807, 2.05) is 22.7 Å². The molecule has 2 aromatic heterocycles. The highest BCUT2D eigenvalue weighted by molar-refractivity contribution is 7.26. The van der Waals surface area contributed by atoms with Crippen LogP contribution in [0.1, 0.15) is 44.5 Å². The predicted octanol–water partition coefficient (Wildman–Crippen LogP) is 23.2. The van der Waals surface area contributed by atoms with Crippen LogP contribution in [0.4, 0.5) is 34.1 Å². The topological polar surface area (TPSA) is 6.48 Å². The molecule has 0 N–H and O–H groups in total. The minimum absolute atomic E-state index is 0.457. The van der Waals surface area contributed by atoms with Crippen LogP contribution in [-0.4, -0.2) is 0 Å². The molecule has 14 aromatic carbocycles. The second-order valence-electron chi connectivity index (χ2n) is 23.5. The Kier molecular flexibility index (Phi) is 11.5. The zero-order chi connectivity index (χ0) is 57.9. The number of thiophene rings is 2. The number of benzene rings is 14. The minimum atomic E-state index is -0.457. The molecule has 4 heteroatoms. The Morgan fingerprint density at radius 2 is 0.477 bits per heavy atom. The van der Waals surface area contributed by atoms with E-state index in [4.69, 9.17) is 0 Å². The van der Waals surface area contributed by atoms with Crippen molar-refractivity contribution < 1.29 is 0 Å². The number of rotatable bonds is 10. The van der Waals surface area contributed by atoms with Crippen LogP contribution < -0.4 is 9.80 Å². The number of para-hydroxylation sites is 2. The van der Waals surface area contributed by atoms with Crippen molar-refractivity contribution in [3.8, 4) is 22.3 Å². The normalized spacial score (nSPS) is 13.4. The molecule has 0 bridgehead atoms. The lowest BCUT2D eigenvalue weighted by molar-refractivity contribution is 0.768. The SMILES string of the molecule is c1ccc(N(c2ccc(C3(c4ccccc4)c4ccccc4-c4ccccc43)cc2)c2ccc3c(c2)sc2cc4cc5c(cc4cc23)sc2cc(N(c3ccccc3)c3ccc(C4(c6ccccc6)c6ccccc6-c6ccccc64)cc3)ccc25)cc1. The first-order valence-corrected chi connectivity index (χ1v) is 31.9. The van der Waals surface area contributed by atoms with Gasteiger partial charge in [-0.15, -0.1) is 22.7 Å². The van der Waals surface area contributed by atoms with E-state index in [2.05, 4.69) is 337 Å². The van der Waals surface area contributed by atoms with Crippen LogP contribution in [0.15, 0.2) is 328 Å². The summed E-state index contributed by atoms with van der Waals surface area (Å²) in [7, 11) is 0. The van der Waals surface area contributed by atoms with Crippen LogP contribution in [0.25, 0.3) is 73.4 Å². The first-order valence-electron chi connectivity index (χ1n) is 30.3. The molecule has 88 heavy (non-hydrogen) atoms. The van der Waals surface area contributed by atoms with Crippen LogP contribution in [-0.2, 0) is 10.8 Å². The summed E-state index contributed by atoms with van der Waals surface area (Å²) in [6.45, 7) is 0. The first-order chi connectivity index (χ1) is 43.6. The predicted molar refractivity (Wildman–Crippen MR) is 374 cm³/mol. The second kappa shape index (κ2) is 20.0. The van der Waals surface area contributed by atoms with Gasteiger partial charge in [0.15, 0.2) is 0 Å². The maximum atomic E-state index is 2.43. The van der Waals surface area contributed by atoms with E-state index in [1.165, 1.54) is 118 Å². The van der Waals surface area contributed by atoms with Crippen molar-refractivity contribution in [2.75, 3.05) is 9.80 Å². The molecule has 0 saturated heterocycles. The molecule has 2 heterocycles. The largest absolute Gasteiger partial charge is 0.310 e. The second-order valence-corrected chi connectivity index (χ2v) is 25.6. The van der Waals surface area contributed by atoms with Crippen molar-refractivity contribution >= 4 is 108 Å². The van der Waals surface area contributed by atoms with E-state index in [0.717, 1.165) is 34.1 Å². The third kappa shape index (κ3) is 7.53. The lowest BCUT2D eigenvalue weighted by Gasteiger charge is -2.34. The first kappa shape index (κ1) is 50.7. The van der Waals surface area contributed by atoms with E-state index in [9.17, 15) is 0 Å². The van der Waals surface area contributed by atoms with Gasteiger partial charge in [-0.25, -0.2) is 0 Å². The van der Waals surface area contributed by atoms with Crippen molar-refractivity contribution in [2.24, 2.45) is 0 Å². The molecule has 2 aliphatic carbocycles. The highest BCUT2D eigenvalue weighted by atomic mass is 32.1. The van der Waals surface area contributed by atoms with Crippen molar-refractivity contribution in [1.29, 1.82) is 0 Å². The Labute approximate surface area is 519 Å². The van der Waals surface area contributed by atoms with Gasteiger partial charge in [-0.05, 0) is 175 Å². The summed E-state index contributed by atoms with van der Waals surface area (Å²) in [6.07, 6.45) is 0. The number of hydrogen-bond acceptors (Lipinski definition) is 4. The van der Waals surface area contributed by atoms with Crippen molar-refractivity contribution in [3.63, 3.8) is 0 Å². The molecule has 18 rings (SSSR count). The van der Waals surface area contributed by atoms with E-state index in [-0.39, 0.29) is 0 Å². The number of nitrogens with zero attached hydrogens (tertiary/aromatic N) is 2. The van der Waals surface area contributed by atoms with Gasteiger partial charge in [0.1, 0.15) is 0 Å². The zero-order valence-electron chi connectivity index (χ0n) is 47.9. The Morgan fingerprint density at radius 3 is 0.830 bits per heavy atom. The molecule has 0 aliphatic heterocycles. The third-order valence-corrected chi connectivity index (χ3v) is 21.2. The molecule has 412 valence electrons. The number of fused-ring (bicyclic) bond motifs is 13. The summed E-state index contributed by atoms with van der Waals surface area (Å²) in [6, 6.07) is 122. The van der Waals surface area contributed by atoms with Gasteiger partial charge in [-0.2, -0.15) is 0 Å². The fourth-order valence-corrected chi connectivity index (χ4v) is 17.6. The van der Waals surface area contributed by atoms with Crippen LogP contribution in [0.3, 0.4) is 0 Å². The van der Waals surface area contributed by atoms with Gasteiger partial charge in [-0.1, -0.05) is 231 Å². The lowest BCUT2D eigenvalue weighted by atomic mass is 9.68. The standard InChI is InChI=1S/C84H54N2S2/c1-5-21-57(22-6-1)83(75-33-17-13-29-67(75)68-30-14-18-34-76(68)83)59-37-41-63(42-38-59)85(61-25-9-3-10-26-61)65-45-47-71-73-49-55-52-80-74(50-56(55)51-79(73)87-81(71)53-65)72-48-46-66(54-82(72)88-80)86(62-27-11-4-12-28-62)64-43-39-60(40-44-64)84(58-23-7-2-8-24-58)77-35-19-15-31-69(77)70-32-16-20-36-78(70)84/h1-54H. The molecule has 0 atom stereocenters. The van der Waals surface area contributed by atoms with E-state index in [1.54, 1.807) is 0 Å². The Bertz CT molecular complexity index is 4950. The lowest BCUT2D eigenvalue weighted by Crippen LogP contribution is -2.28. The van der Waals surface area contributed by atoms with Crippen LogP contribution >= 0.6 is 22.7 Å². The molecule has 0 spiro atoms. The highest BCUT2D eigenvalue weighted by Gasteiger charge is 2.47.